The molecule has 126 valence electrons. The summed E-state index contributed by atoms with van der Waals surface area (Å²) < 4.78 is 5.79. The van der Waals surface area contributed by atoms with E-state index < -0.39 is 0 Å². The third-order valence-electron chi connectivity index (χ3n) is 5.79. The summed E-state index contributed by atoms with van der Waals surface area (Å²) in [5.74, 6) is 0.233. The number of rotatable bonds is 4. The lowest BCUT2D eigenvalue weighted by Crippen LogP contribution is -2.45. The Bertz CT molecular complexity index is 533. The highest BCUT2D eigenvalue weighted by Gasteiger charge is 2.58. The minimum absolute atomic E-state index is 0.207. The van der Waals surface area contributed by atoms with Gasteiger partial charge in [-0.2, -0.15) is 11.3 Å². The molecule has 3 fully saturated rings. The van der Waals surface area contributed by atoms with Crippen LogP contribution in [0.5, 0.6) is 0 Å². The van der Waals surface area contributed by atoms with Gasteiger partial charge in [0.25, 0.3) is 5.91 Å². The Morgan fingerprint density at radius 2 is 2.26 bits per heavy atom. The van der Waals surface area contributed by atoms with E-state index in [9.17, 15) is 4.79 Å². The molecule has 2 aliphatic heterocycles. The molecule has 1 N–H and O–H groups in total. The molecule has 5 heteroatoms. The van der Waals surface area contributed by atoms with E-state index in [1.54, 1.807) is 11.3 Å². The molecule has 1 saturated carbocycles. The van der Waals surface area contributed by atoms with Crippen molar-refractivity contribution in [3.05, 3.63) is 22.4 Å². The highest BCUT2D eigenvalue weighted by molar-refractivity contribution is 7.07. The molecular formula is C18H26N2O2S. The van der Waals surface area contributed by atoms with Gasteiger partial charge in [-0.3, -0.25) is 4.79 Å². The van der Waals surface area contributed by atoms with Crippen LogP contribution in [0.4, 0.5) is 0 Å². The van der Waals surface area contributed by atoms with Crippen LogP contribution in [0.2, 0.25) is 0 Å². The van der Waals surface area contributed by atoms with Crippen molar-refractivity contribution in [1.82, 2.24) is 10.2 Å². The van der Waals surface area contributed by atoms with Crippen LogP contribution < -0.4 is 5.32 Å². The lowest BCUT2D eigenvalue weighted by molar-refractivity contribution is -0.148. The predicted molar refractivity (Wildman–Crippen MR) is 91.4 cm³/mol. The number of hydrogen-bond donors (Lipinski definition) is 1. The van der Waals surface area contributed by atoms with E-state index in [1.165, 1.54) is 24.8 Å². The van der Waals surface area contributed by atoms with Crippen LogP contribution in [0, 0.1) is 5.41 Å². The van der Waals surface area contributed by atoms with Gasteiger partial charge in [0, 0.05) is 19.2 Å². The predicted octanol–water partition coefficient (Wildman–Crippen LogP) is 2.79. The highest BCUT2D eigenvalue weighted by atomic mass is 32.1. The maximum absolute atomic E-state index is 13.1. The van der Waals surface area contributed by atoms with E-state index in [-0.39, 0.29) is 12.0 Å². The molecule has 0 aromatic carbocycles. The lowest BCUT2D eigenvalue weighted by atomic mass is 9.93. The molecule has 1 aromatic rings. The van der Waals surface area contributed by atoms with Gasteiger partial charge in [-0.15, -0.1) is 0 Å². The molecule has 2 saturated heterocycles. The summed E-state index contributed by atoms with van der Waals surface area (Å²) in [5.41, 5.74) is 1.64. The molecule has 1 spiro atoms. The Morgan fingerprint density at radius 3 is 2.96 bits per heavy atom. The minimum atomic E-state index is -0.207. The Kier molecular flexibility index (Phi) is 4.43. The molecule has 0 radical (unpaired) electrons. The smallest absolute Gasteiger partial charge is 0.252 e. The number of nitrogens with zero attached hydrogens (tertiary/aromatic N) is 1. The van der Waals surface area contributed by atoms with Gasteiger partial charge in [0.15, 0.2) is 0 Å². The monoisotopic (exact) mass is 334 g/mol. The van der Waals surface area contributed by atoms with Gasteiger partial charge in [0.1, 0.15) is 6.10 Å². The second-order valence-corrected chi connectivity index (χ2v) is 8.07. The second kappa shape index (κ2) is 6.54. The summed E-state index contributed by atoms with van der Waals surface area (Å²) in [6, 6.07) is 2.56. The Hall–Kier alpha value is -0.910. The van der Waals surface area contributed by atoms with Crippen molar-refractivity contribution in [3.63, 3.8) is 0 Å². The van der Waals surface area contributed by atoms with Crippen LogP contribution in [0.3, 0.4) is 0 Å². The van der Waals surface area contributed by atoms with Crippen molar-refractivity contribution in [3.8, 4) is 0 Å². The Labute approximate surface area is 142 Å². The maximum Gasteiger partial charge on any atom is 0.252 e. The standard InChI is InChI=1S/C18H26N2O2S/c21-17(15-3-1-2-9-22-15)20(12-14-4-10-23-13-14)16-11-18(16)5-7-19-8-6-18/h4,10,13,15-16,19H,1-3,5-9,11-12H2. The topological polar surface area (TPSA) is 41.6 Å². The van der Waals surface area contributed by atoms with Gasteiger partial charge in [-0.05, 0) is 79.4 Å². The second-order valence-electron chi connectivity index (χ2n) is 7.29. The van der Waals surface area contributed by atoms with Gasteiger partial charge in [0.2, 0.25) is 0 Å². The lowest BCUT2D eigenvalue weighted by Gasteiger charge is -2.33. The number of amides is 1. The molecule has 3 heterocycles. The van der Waals surface area contributed by atoms with Crippen molar-refractivity contribution in [1.29, 1.82) is 0 Å². The molecule has 1 aliphatic carbocycles. The molecule has 4 rings (SSSR count). The van der Waals surface area contributed by atoms with E-state index in [4.69, 9.17) is 4.74 Å². The maximum atomic E-state index is 13.1. The number of carbonyl (C=O) groups is 1. The first kappa shape index (κ1) is 15.6. The van der Waals surface area contributed by atoms with E-state index in [0.29, 0.717) is 11.5 Å². The number of piperidine rings is 1. The molecule has 1 amide bonds. The van der Waals surface area contributed by atoms with Crippen molar-refractivity contribution in [2.45, 2.75) is 57.2 Å². The van der Waals surface area contributed by atoms with E-state index in [1.807, 2.05) is 0 Å². The first-order chi connectivity index (χ1) is 11.3. The molecule has 4 nitrogen and oxygen atoms in total. The van der Waals surface area contributed by atoms with E-state index in [0.717, 1.165) is 45.5 Å². The zero-order chi connectivity index (χ0) is 15.7. The van der Waals surface area contributed by atoms with E-state index >= 15 is 0 Å². The first-order valence-electron chi connectivity index (χ1n) is 8.92. The average molecular weight is 334 g/mol. The van der Waals surface area contributed by atoms with Gasteiger partial charge < -0.3 is 15.0 Å². The van der Waals surface area contributed by atoms with Crippen LogP contribution in [0.25, 0.3) is 0 Å². The normalized spacial score (nSPS) is 29.4. The van der Waals surface area contributed by atoms with Gasteiger partial charge in [-0.25, -0.2) is 0 Å². The third kappa shape index (κ3) is 3.19. The van der Waals surface area contributed by atoms with Crippen molar-refractivity contribution in [2.75, 3.05) is 19.7 Å². The number of hydrogen-bond acceptors (Lipinski definition) is 4. The van der Waals surface area contributed by atoms with Crippen molar-refractivity contribution < 1.29 is 9.53 Å². The van der Waals surface area contributed by atoms with Crippen LogP contribution >= 0.6 is 11.3 Å². The first-order valence-corrected chi connectivity index (χ1v) is 9.87. The zero-order valence-corrected chi connectivity index (χ0v) is 14.4. The fourth-order valence-electron chi connectivity index (χ4n) is 4.27. The summed E-state index contributed by atoms with van der Waals surface area (Å²) in [6.07, 6.45) is 6.47. The number of thiophene rings is 1. The molecule has 0 bridgehead atoms. The van der Waals surface area contributed by atoms with Gasteiger partial charge in [-0.1, -0.05) is 0 Å². The molecule has 3 aliphatic rings. The van der Waals surface area contributed by atoms with Crippen molar-refractivity contribution in [2.24, 2.45) is 5.41 Å². The molecule has 1 aromatic heterocycles. The van der Waals surface area contributed by atoms with Crippen LogP contribution in [0.1, 0.15) is 44.1 Å². The number of carbonyl (C=O) groups excluding carboxylic acids is 1. The van der Waals surface area contributed by atoms with Crippen LogP contribution in [-0.2, 0) is 16.1 Å². The quantitative estimate of drug-likeness (QED) is 0.920. The molecule has 23 heavy (non-hydrogen) atoms. The zero-order valence-electron chi connectivity index (χ0n) is 13.6. The molecule has 2 atom stereocenters. The molecule has 2 unspecified atom stereocenters. The van der Waals surface area contributed by atoms with Gasteiger partial charge >= 0.3 is 0 Å². The van der Waals surface area contributed by atoms with Crippen molar-refractivity contribution >= 4 is 17.2 Å². The summed E-state index contributed by atoms with van der Waals surface area (Å²) in [6.45, 7) is 3.68. The summed E-state index contributed by atoms with van der Waals surface area (Å²) in [4.78, 5) is 15.3. The number of ether oxygens (including phenoxy) is 1. The summed E-state index contributed by atoms with van der Waals surface area (Å²) in [7, 11) is 0. The Balaban J connectivity index is 1.50. The van der Waals surface area contributed by atoms with Crippen LogP contribution in [0.15, 0.2) is 16.8 Å². The summed E-state index contributed by atoms with van der Waals surface area (Å²) >= 11 is 1.71. The Morgan fingerprint density at radius 1 is 1.39 bits per heavy atom. The SMILES string of the molecule is O=C(C1CCCCO1)N(Cc1ccsc1)C1CC12CCNCC2. The third-order valence-corrected chi connectivity index (χ3v) is 6.53. The minimum Gasteiger partial charge on any atom is -0.368 e. The van der Waals surface area contributed by atoms with Crippen LogP contribution in [-0.4, -0.2) is 42.6 Å². The largest absolute Gasteiger partial charge is 0.368 e. The molecular weight excluding hydrogens is 308 g/mol. The van der Waals surface area contributed by atoms with E-state index in [2.05, 4.69) is 27.0 Å². The summed E-state index contributed by atoms with van der Waals surface area (Å²) in [5, 5.41) is 7.72. The van der Waals surface area contributed by atoms with Gasteiger partial charge in [0.05, 0.1) is 0 Å². The average Bonchev–Trinajstić information content (AvgIpc) is 3.04. The number of nitrogens with one attached hydrogen (secondary N) is 1. The highest BCUT2D eigenvalue weighted by Crippen LogP contribution is 2.56. The fraction of sp³-hybridized carbons (Fsp3) is 0.722. The fourth-order valence-corrected chi connectivity index (χ4v) is 4.93.